The molecule has 0 aromatic heterocycles. The molecule has 0 aliphatic rings. The molecule has 0 aliphatic heterocycles. The van der Waals surface area contributed by atoms with Gasteiger partial charge in [-0.2, -0.15) is 36.9 Å². The van der Waals surface area contributed by atoms with Crippen LogP contribution in [0.25, 0.3) is 11.1 Å². The number of alkyl halides is 6. The third-order valence-electron chi connectivity index (χ3n) is 5.74. The van der Waals surface area contributed by atoms with E-state index in [9.17, 15) is 43.9 Å². The molecule has 0 unspecified atom stereocenters. The summed E-state index contributed by atoms with van der Waals surface area (Å²) in [6.45, 7) is 2.91. The highest BCUT2D eigenvalue weighted by Crippen LogP contribution is 2.34. The molecule has 0 aliphatic carbocycles. The van der Waals surface area contributed by atoms with Crippen LogP contribution in [0, 0.1) is 59.8 Å². The minimum atomic E-state index is -4.55. The van der Waals surface area contributed by atoms with Crippen molar-refractivity contribution in [2.45, 2.75) is 26.2 Å². The van der Waals surface area contributed by atoms with Gasteiger partial charge in [-0.1, -0.05) is 39.7 Å². The van der Waals surface area contributed by atoms with Crippen LogP contribution in [-0.2, 0) is 12.4 Å². The molecule has 0 heterocycles. The second-order valence-corrected chi connectivity index (χ2v) is 10.3. The molecule has 240 valence electrons. The minimum absolute atomic E-state index is 0.0321. The average Bonchev–Trinajstić information content (AvgIpc) is 2.91. The highest BCUT2D eigenvalue weighted by atomic mass is 79.9. The monoisotopic (exact) mass is 718 g/mol. The maximum atomic E-state index is 13.5. The van der Waals surface area contributed by atoms with Crippen molar-refractivity contribution in [3.05, 3.63) is 122 Å². The van der Waals surface area contributed by atoms with Gasteiger partial charge in [-0.3, -0.25) is 0 Å². The Morgan fingerprint density at radius 1 is 0.587 bits per heavy atom. The minimum Gasteiger partial charge on any atom is -0.423 e. The number of halogens is 11. The average molecular weight is 719 g/mol. The zero-order valence-electron chi connectivity index (χ0n) is 23.3. The molecule has 2 N–H and O–H groups in total. The molecule has 4 nitrogen and oxygen atoms in total. The quantitative estimate of drug-likeness (QED) is 0.162. The molecule has 0 spiro atoms. The van der Waals surface area contributed by atoms with Crippen LogP contribution in [-0.4, -0.2) is 17.2 Å². The van der Waals surface area contributed by atoms with E-state index in [1.54, 1.807) is 0 Å². The molecule has 0 atom stereocenters. The van der Waals surface area contributed by atoms with E-state index in [0.717, 1.165) is 48.5 Å². The molecule has 0 radical (unpaired) electrons. The van der Waals surface area contributed by atoms with Gasteiger partial charge in [0.05, 0.1) is 11.1 Å². The summed E-state index contributed by atoms with van der Waals surface area (Å²) in [5, 5.41) is 34.3. The third-order valence-corrected chi connectivity index (χ3v) is 6.19. The van der Waals surface area contributed by atoms with E-state index in [4.69, 9.17) is 20.6 Å². The molecule has 16 heteroatoms. The van der Waals surface area contributed by atoms with Crippen molar-refractivity contribution in [2.24, 2.45) is 0 Å². The Hall–Kier alpha value is -4.38. The summed E-state index contributed by atoms with van der Waals surface area (Å²) >= 11 is 2.89. The fourth-order valence-corrected chi connectivity index (χ4v) is 4.14. The second-order valence-electron chi connectivity index (χ2n) is 9.37. The van der Waals surface area contributed by atoms with Crippen LogP contribution in [0.4, 0.5) is 43.9 Å². The number of nitriles is 2. The molecule has 4 aromatic carbocycles. The van der Waals surface area contributed by atoms with E-state index in [0.29, 0.717) is 11.1 Å². The van der Waals surface area contributed by atoms with Crippen LogP contribution >= 0.6 is 15.9 Å². The molecule has 0 fully saturated rings. The smallest absolute Gasteiger partial charge is 0.423 e. The zero-order chi connectivity index (χ0) is 35.1. The van der Waals surface area contributed by atoms with Crippen molar-refractivity contribution in [2.75, 3.05) is 0 Å². The van der Waals surface area contributed by atoms with Gasteiger partial charge < -0.3 is 10.0 Å². The fraction of sp³-hybridized carbons (Fsp3) is 0.133. The highest BCUT2D eigenvalue weighted by molar-refractivity contribution is 9.10. The summed E-state index contributed by atoms with van der Waals surface area (Å²) in [6, 6.07) is 12.7. The van der Waals surface area contributed by atoms with Gasteiger partial charge in [0.2, 0.25) is 0 Å². The van der Waals surface area contributed by atoms with Crippen LogP contribution < -0.4 is 5.46 Å². The number of aryl methyl sites for hydroxylation is 2. The standard InChI is InChI=1S/C15H8F5N.C8H8BF3O2.C7H2BrF2N/c1-8-2-9(4-11(3-8)15(18,19)20)10-5-13(16)12(7-21)14(17)6-10;1-5-2-6(8(10,11)12)4-7(3-5)9(13)14;8-4-1-6(9)5(3-11)7(10)2-4/h2-6H,1H3;2-4,13-14H,1H3;1-2H. The lowest BCUT2D eigenvalue weighted by Gasteiger charge is -2.11. The van der Waals surface area contributed by atoms with Crippen LogP contribution in [0.15, 0.2) is 65.1 Å². The van der Waals surface area contributed by atoms with E-state index in [2.05, 4.69) is 15.9 Å². The van der Waals surface area contributed by atoms with Gasteiger partial charge >= 0.3 is 19.5 Å². The first-order valence-corrected chi connectivity index (χ1v) is 13.1. The number of nitrogens with zero attached hydrogens (tertiary/aromatic N) is 2. The number of hydrogen-bond acceptors (Lipinski definition) is 4. The topological polar surface area (TPSA) is 88.0 Å². The predicted octanol–water partition coefficient (Wildman–Crippen LogP) is 8.12. The normalized spacial score (nSPS) is 10.9. The predicted molar refractivity (Wildman–Crippen MR) is 151 cm³/mol. The van der Waals surface area contributed by atoms with E-state index in [1.807, 2.05) is 0 Å². The van der Waals surface area contributed by atoms with E-state index in [1.165, 1.54) is 38.1 Å². The summed E-state index contributed by atoms with van der Waals surface area (Å²) in [5.74, 6) is -3.91. The largest absolute Gasteiger partial charge is 0.488 e. The lowest BCUT2D eigenvalue weighted by molar-refractivity contribution is -0.138. The van der Waals surface area contributed by atoms with Gasteiger partial charge in [0, 0.05) is 4.47 Å². The van der Waals surface area contributed by atoms with Crippen LogP contribution in [0.2, 0.25) is 0 Å². The SMILES string of the molecule is Cc1cc(-c2cc(F)c(C#N)c(F)c2)cc(C(F)(F)F)c1.Cc1cc(B(O)O)cc(C(F)(F)F)c1.N#Cc1c(F)cc(Br)cc1F. The Bertz CT molecular complexity index is 1770. The lowest BCUT2D eigenvalue weighted by Crippen LogP contribution is -2.31. The maximum Gasteiger partial charge on any atom is 0.488 e. The Morgan fingerprint density at radius 2 is 0.957 bits per heavy atom. The lowest BCUT2D eigenvalue weighted by atomic mass is 9.78. The van der Waals surface area contributed by atoms with Crippen molar-refractivity contribution >= 4 is 28.5 Å². The van der Waals surface area contributed by atoms with E-state index >= 15 is 0 Å². The molecule has 0 bridgehead atoms. The summed E-state index contributed by atoms with van der Waals surface area (Å²) in [7, 11) is -1.88. The number of benzene rings is 4. The van der Waals surface area contributed by atoms with Crippen LogP contribution in [0.3, 0.4) is 0 Å². The number of hydrogen-bond donors (Lipinski definition) is 2. The van der Waals surface area contributed by atoms with Crippen molar-refractivity contribution in [3.8, 4) is 23.3 Å². The highest BCUT2D eigenvalue weighted by Gasteiger charge is 2.32. The summed E-state index contributed by atoms with van der Waals surface area (Å²) in [4.78, 5) is 0. The first kappa shape index (κ1) is 37.8. The first-order valence-electron chi connectivity index (χ1n) is 12.4. The Balaban J connectivity index is 0.000000256. The summed E-state index contributed by atoms with van der Waals surface area (Å²) < 4.78 is 128. The Kier molecular flexibility index (Phi) is 12.6. The van der Waals surface area contributed by atoms with Gasteiger partial charge in [0.25, 0.3) is 0 Å². The molecular weight excluding hydrogens is 701 g/mol. The Morgan fingerprint density at radius 3 is 1.35 bits per heavy atom. The third kappa shape index (κ3) is 10.3. The van der Waals surface area contributed by atoms with Crippen molar-refractivity contribution in [1.82, 2.24) is 0 Å². The fourth-order valence-electron chi connectivity index (χ4n) is 3.73. The second kappa shape index (κ2) is 15.3. The molecule has 0 saturated heterocycles. The first-order chi connectivity index (χ1) is 21.2. The summed E-state index contributed by atoms with van der Waals surface area (Å²) in [6.07, 6.45) is -9.01. The van der Waals surface area contributed by atoms with E-state index < -0.39 is 65.0 Å². The van der Waals surface area contributed by atoms with Gasteiger partial charge in [-0.25, -0.2) is 17.6 Å². The van der Waals surface area contributed by atoms with Crippen LogP contribution in [0.5, 0.6) is 0 Å². The van der Waals surface area contributed by atoms with Gasteiger partial charge in [-0.05, 0) is 78.5 Å². The van der Waals surface area contributed by atoms with E-state index in [-0.39, 0.29) is 21.1 Å². The van der Waals surface area contributed by atoms with Crippen molar-refractivity contribution < 1.29 is 54.0 Å². The molecular formula is C30H18BBrF10N2O2. The van der Waals surface area contributed by atoms with Crippen LogP contribution in [0.1, 0.15) is 33.4 Å². The summed E-state index contributed by atoms with van der Waals surface area (Å²) in [5.41, 5.74) is -2.62. The Labute approximate surface area is 264 Å². The van der Waals surface area contributed by atoms with Crippen molar-refractivity contribution in [1.29, 1.82) is 10.5 Å². The number of rotatable bonds is 2. The van der Waals surface area contributed by atoms with Gasteiger partial charge in [-0.15, -0.1) is 0 Å². The molecule has 0 saturated carbocycles. The molecule has 46 heavy (non-hydrogen) atoms. The van der Waals surface area contributed by atoms with Gasteiger partial charge in [0.1, 0.15) is 46.5 Å². The molecule has 4 aromatic rings. The van der Waals surface area contributed by atoms with Crippen molar-refractivity contribution in [3.63, 3.8) is 0 Å². The maximum absolute atomic E-state index is 13.5. The zero-order valence-corrected chi connectivity index (χ0v) is 24.9. The van der Waals surface area contributed by atoms with Gasteiger partial charge in [0.15, 0.2) is 0 Å². The molecule has 4 rings (SSSR count). The molecule has 0 amide bonds.